The second kappa shape index (κ2) is 6.35. The van der Waals surface area contributed by atoms with E-state index in [1.807, 2.05) is 0 Å². The van der Waals surface area contributed by atoms with Crippen molar-refractivity contribution in [2.24, 2.45) is 0 Å². The van der Waals surface area contributed by atoms with Gasteiger partial charge >= 0.3 is 0 Å². The molecular formula is C16H26N2. The van der Waals surface area contributed by atoms with Crippen molar-refractivity contribution in [2.75, 3.05) is 13.6 Å². The third-order valence-electron chi connectivity index (χ3n) is 4.25. The summed E-state index contributed by atoms with van der Waals surface area (Å²) in [6, 6.07) is 10.3. The van der Waals surface area contributed by atoms with Crippen LogP contribution < -0.4 is 5.32 Å². The maximum atomic E-state index is 3.36. The Morgan fingerprint density at radius 2 is 1.89 bits per heavy atom. The molecule has 0 saturated carbocycles. The van der Waals surface area contributed by atoms with E-state index in [-0.39, 0.29) is 0 Å². The van der Waals surface area contributed by atoms with Gasteiger partial charge in [0.1, 0.15) is 0 Å². The Morgan fingerprint density at radius 3 is 2.50 bits per heavy atom. The van der Waals surface area contributed by atoms with Gasteiger partial charge in [-0.25, -0.2) is 0 Å². The molecule has 100 valence electrons. The Kier molecular flexibility index (Phi) is 4.79. The number of hydrogen-bond acceptors (Lipinski definition) is 2. The van der Waals surface area contributed by atoms with Gasteiger partial charge in [0.2, 0.25) is 0 Å². The highest BCUT2D eigenvalue weighted by Crippen LogP contribution is 2.26. The van der Waals surface area contributed by atoms with Crippen molar-refractivity contribution in [3.63, 3.8) is 0 Å². The zero-order valence-corrected chi connectivity index (χ0v) is 11.9. The van der Waals surface area contributed by atoms with Crippen molar-refractivity contribution >= 4 is 0 Å². The third-order valence-corrected chi connectivity index (χ3v) is 4.25. The summed E-state index contributed by atoms with van der Waals surface area (Å²) in [7, 11) is 2.06. The lowest BCUT2D eigenvalue weighted by atomic mass is 9.91. The fourth-order valence-electron chi connectivity index (χ4n) is 3.22. The van der Waals surface area contributed by atoms with Crippen LogP contribution in [0.5, 0.6) is 0 Å². The fourth-order valence-corrected chi connectivity index (χ4v) is 3.22. The Bertz CT molecular complexity index is 371. The number of fused-ring (bicyclic) bond motifs is 1. The van der Waals surface area contributed by atoms with Gasteiger partial charge in [-0.1, -0.05) is 38.1 Å². The lowest BCUT2D eigenvalue weighted by molar-refractivity contribution is 0.104. The van der Waals surface area contributed by atoms with E-state index < -0.39 is 0 Å². The Labute approximate surface area is 111 Å². The molecule has 1 heterocycles. The summed E-state index contributed by atoms with van der Waals surface area (Å²) < 4.78 is 0. The lowest BCUT2D eigenvalue weighted by Crippen LogP contribution is -2.50. The van der Waals surface area contributed by atoms with Crippen molar-refractivity contribution in [3.05, 3.63) is 35.4 Å². The van der Waals surface area contributed by atoms with Crippen LogP contribution in [0.25, 0.3) is 0 Å². The van der Waals surface area contributed by atoms with Crippen LogP contribution in [-0.4, -0.2) is 30.6 Å². The van der Waals surface area contributed by atoms with E-state index in [0.29, 0.717) is 6.04 Å². The molecule has 1 aromatic carbocycles. The maximum absolute atomic E-state index is 3.36. The van der Waals surface area contributed by atoms with Crippen molar-refractivity contribution < 1.29 is 0 Å². The SMILES string of the molecule is CCC(CC)N1Cc2ccccc2CC1CNC. The Balaban J connectivity index is 2.22. The summed E-state index contributed by atoms with van der Waals surface area (Å²) >= 11 is 0. The quantitative estimate of drug-likeness (QED) is 0.859. The van der Waals surface area contributed by atoms with Gasteiger partial charge in [-0.15, -0.1) is 0 Å². The Hall–Kier alpha value is -0.860. The second-order valence-corrected chi connectivity index (χ2v) is 5.33. The molecule has 0 radical (unpaired) electrons. The van der Waals surface area contributed by atoms with E-state index in [2.05, 4.69) is 55.4 Å². The predicted molar refractivity (Wildman–Crippen MR) is 77.8 cm³/mol. The van der Waals surface area contributed by atoms with Gasteiger partial charge < -0.3 is 5.32 Å². The number of rotatable bonds is 5. The van der Waals surface area contributed by atoms with Crippen molar-refractivity contribution in [1.29, 1.82) is 0 Å². The van der Waals surface area contributed by atoms with E-state index in [0.717, 1.165) is 19.1 Å². The van der Waals surface area contributed by atoms with Crippen molar-refractivity contribution in [1.82, 2.24) is 10.2 Å². The normalized spacial score (nSPS) is 20.1. The first-order chi connectivity index (χ1) is 8.80. The molecule has 2 heteroatoms. The monoisotopic (exact) mass is 246 g/mol. The molecule has 2 rings (SSSR count). The van der Waals surface area contributed by atoms with Crippen LogP contribution in [0.15, 0.2) is 24.3 Å². The average Bonchev–Trinajstić information content (AvgIpc) is 2.41. The molecule has 1 aliphatic rings. The number of nitrogens with one attached hydrogen (secondary N) is 1. The summed E-state index contributed by atoms with van der Waals surface area (Å²) in [5.74, 6) is 0. The van der Waals surface area contributed by atoms with Crippen LogP contribution in [0, 0.1) is 0 Å². The molecule has 0 spiro atoms. The number of nitrogens with zero attached hydrogens (tertiary/aromatic N) is 1. The fraction of sp³-hybridized carbons (Fsp3) is 0.625. The van der Waals surface area contributed by atoms with Crippen LogP contribution >= 0.6 is 0 Å². The zero-order chi connectivity index (χ0) is 13.0. The molecule has 0 bridgehead atoms. The Morgan fingerprint density at radius 1 is 1.22 bits per heavy atom. The molecule has 1 atom stereocenters. The highest BCUT2D eigenvalue weighted by Gasteiger charge is 2.29. The second-order valence-electron chi connectivity index (χ2n) is 5.33. The molecular weight excluding hydrogens is 220 g/mol. The molecule has 2 nitrogen and oxygen atoms in total. The molecule has 1 unspecified atom stereocenters. The highest BCUT2D eigenvalue weighted by molar-refractivity contribution is 5.30. The van der Waals surface area contributed by atoms with Gasteiger partial charge in [-0.05, 0) is 37.4 Å². The van der Waals surface area contributed by atoms with E-state index in [1.165, 1.54) is 24.8 Å². The number of hydrogen-bond donors (Lipinski definition) is 1. The van der Waals surface area contributed by atoms with E-state index in [9.17, 15) is 0 Å². The highest BCUT2D eigenvalue weighted by atomic mass is 15.2. The summed E-state index contributed by atoms with van der Waals surface area (Å²) in [6.45, 7) is 6.83. The summed E-state index contributed by atoms with van der Waals surface area (Å²) in [6.07, 6.45) is 3.69. The van der Waals surface area contributed by atoms with Crippen LogP contribution in [0.1, 0.15) is 37.8 Å². The molecule has 0 aromatic heterocycles. The van der Waals surface area contributed by atoms with Gasteiger partial charge in [0.25, 0.3) is 0 Å². The topological polar surface area (TPSA) is 15.3 Å². The lowest BCUT2D eigenvalue weighted by Gasteiger charge is -2.41. The standard InChI is InChI=1S/C16H26N2/c1-4-15(5-2)18-12-14-9-7-6-8-13(14)10-16(18)11-17-3/h6-9,15-17H,4-5,10-12H2,1-3H3. The van der Waals surface area contributed by atoms with Gasteiger partial charge in [-0.3, -0.25) is 4.90 Å². The number of benzene rings is 1. The number of likely N-dealkylation sites (N-methyl/N-ethyl adjacent to an activating group) is 1. The van der Waals surface area contributed by atoms with E-state index in [4.69, 9.17) is 0 Å². The molecule has 1 N–H and O–H groups in total. The minimum Gasteiger partial charge on any atom is -0.318 e. The summed E-state index contributed by atoms with van der Waals surface area (Å²) in [4.78, 5) is 2.71. The van der Waals surface area contributed by atoms with Crippen molar-refractivity contribution in [3.8, 4) is 0 Å². The molecule has 0 fully saturated rings. The van der Waals surface area contributed by atoms with Gasteiger partial charge in [0.05, 0.1) is 0 Å². The molecule has 1 aromatic rings. The smallest absolute Gasteiger partial charge is 0.0267 e. The van der Waals surface area contributed by atoms with E-state index in [1.54, 1.807) is 5.56 Å². The minimum atomic E-state index is 0.648. The van der Waals surface area contributed by atoms with Gasteiger partial charge in [0.15, 0.2) is 0 Å². The van der Waals surface area contributed by atoms with Crippen LogP contribution in [0.3, 0.4) is 0 Å². The molecule has 0 saturated heterocycles. The van der Waals surface area contributed by atoms with Crippen LogP contribution in [0.2, 0.25) is 0 Å². The minimum absolute atomic E-state index is 0.648. The van der Waals surface area contributed by atoms with Gasteiger partial charge in [0, 0.05) is 25.2 Å². The van der Waals surface area contributed by atoms with Crippen LogP contribution in [0.4, 0.5) is 0 Å². The molecule has 0 amide bonds. The first kappa shape index (κ1) is 13.6. The zero-order valence-electron chi connectivity index (χ0n) is 11.9. The summed E-state index contributed by atoms with van der Waals surface area (Å²) in [5, 5.41) is 3.36. The third kappa shape index (κ3) is 2.76. The summed E-state index contributed by atoms with van der Waals surface area (Å²) in [5.41, 5.74) is 3.07. The molecule has 1 aliphatic heterocycles. The first-order valence-electron chi connectivity index (χ1n) is 7.27. The first-order valence-corrected chi connectivity index (χ1v) is 7.27. The molecule has 18 heavy (non-hydrogen) atoms. The van der Waals surface area contributed by atoms with E-state index >= 15 is 0 Å². The maximum Gasteiger partial charge on any atom is 0.0267 e. The van der Waals surface area contributed by atoms with Crippen LogP contribution in [-0.2, 0) is 13.0 Å². The van der Waals surface area contributed by atoms with Crippen molar-refractivity contribution in [2.45, 2.75) is 51.7 Å². The van der Waals surface area contributed by atoms with Gasteiger partial charge in [-0.2, -0.15) is 0 Å². The largest absolute Gasteiger partial charge is 0.318 e. The predicted octanol–water partition coefficient (Wildman–Crippen LogP) is 2.82. The average molecular weight is 246 g/mol. The molecule has 0 aliphatic carbocycles.